The van der Waals surface area contributed by atoms with Crippen LogP contribution in [0.15, 0.2) is 17.8 Å². The third kappa shape index (κ3) is 2.36. The van der Waals surface area contributed by atoms with Gasteiger partial charge in [0.25, 0.3) is 0 Å². The first-order valence-corrected chi connectivity index (χ1v) is 7.84. The Morgan fingerprint density at radius 2 is 2.25 bits per heavy atom. The van der Waals surface area contributed by atoms with Crippen molar-refractivity contribution < 1.29 is 0 Å². The number of nitrogens with one attached hydrogen (secondary N) is 2. The highest BCUT2D eigenvalue weighted by Gasteiger charge is 2.22. The van der Waals surface area contributed by atoms with Crippen molar-refractivity contribution in [1.29, 1.82) is 0 Å². The number of hydrazine groups is 1. The van der Waals surface area contributed by atoms with Crippen LogP contribution in [0.25, 0.3) is 0 Å². The molecular formula is C14H19N5S. The van der Waals surface area contributed by atoms with Crippen LogP contribution in [0.2, 0.25) is 0 Å². The third-order valence-electron chi connectivity index (χ3n) is 3.80. The first kappa shape index (κ1) is 13.3. The molecule has 1 unspecified atom stereocenters. The topological polar surface area (TPSA) is 75.9 Å². The predicted octanol–water partition coefficient (Wildman–Crippen LogP) is 2.88. The number of thiophene rings is 1. The molecule has 0 fully saturated rings. The molecule has 0 aromatic carbocycles. The first-order chi connectivity index (χ1) is 9.83. The lowest BCUT2D eigenvalue weighted by Crippen LogP contribution is -2.19. The molecule has 6 heteroatoms. The summed E-state index contributed by atoms with van der Waals surface area (Å²) in [4.78, 5) is 10.1. The average Bonchev–Trinajstić information content (AvgIpc) is 2.96. The molecule has 2 heterocycles. The van der Waals surface area contributed by atoms with E-state index in [2.05, 4.69) is 39.1 Å². The van der Waals surface area contributed by atoms with E-state index in [-0.39, 0.29) is 0 Å². The molecule has 0 amide bonds. The number of fused-ring (bicyclic) bond motifs is 1. The molecule has 2 aromatic heterocycles. The van der Waals surface area contributed by atoms with Crippen molar-refractivity contribution in [2.75, 3.05) is 10.7 Å². The second kappa shape index (κ2) is 5.76. The second-order valence-corrected chi connectivity index (χ2v) is 5.94. The van der Waals surface area contributed by atoms with Crippen LogP contribution in [0.3, 0.4) is 0 Å². The number of nitrogen functional groups attached to an aromatic ring is 1. The standard InChI is InChI=1S/C14H19N5S/c1-2-9-13(16-8-17-14(9)19-15)18-11-4-3-5-12-10(11)6-7-20-12/h6-8,11H,2-5,15H2,1H3,(H2,16,17,18,19). The maximum absolute atomic E-state index is 5.52. The number of aryl methyl sites for hydroxylation is 1. The van der Waals surface area contributed by atoms with Crippen molar-refractivity contribution >= 4 is 23.0 Å². The molecule has 0 aliphatic heterocycles. The number of aromatic nitrogens is 2. The Morgan fingerprint density at radius 3 is 3.05 bits per heavy atom. The van der Waals surface area contributed by atoms with Gasteiger partial charge >= 0.3 is 0 Å². The zero-order valence-corrected chi connectivity index (χ0v) is 12.3. The van der Waals surface area contributed by atoms with E-state index in [0.717, 1.165) is 24.2 Å². The molecule has 3 rings (SSSR count). The van der Waals surface area contributed by atoms with Crippen molar-refractivity contribution in [3.05, 3.63) is 33.8 Å². The Hall–Kier alpha value is -1.66. The normalized spacial score (nSPS) is 17.6. The van der Waals surface area contributed by atoms with Gasteiger partial charge in [0.15, 0.2) is 0 Å². The third-order valence-corrected chi connectivity index (χ3v) is 4.80. The van der Waals surface area contributed by atoms with Gasteiger partial charge in [-0.15, -0.1) is 11.3 Å². The van der Waals surface area contributed by atoms with E-state index in [4.69, 9.17) is 5.84 Å². The number of anilines is 2. The van der Waals surface area contributed by atoms with Gasteiger partial charge in [-0.25, -0.2) is 15.8 Å². The van der Waals surface area contributed by atoms with Gasteiger partial charge in [-0.05, 0) is 42.7 Å². The molecule has 1 aliphatic carbocycles. The average molecular weight is 289 g/mol. The molecule has 106 valence electrons. The zero-order chi connectivity index (χ0) is 13.9. The minimum Gasteiger partial charge on any atom is -0.363 e. The summed E-state index contributed by atoms with van der Waals surface area (Å²) in [6, 6.07) is 2.57. The van der Waals surface area contributed by atoms with Gasteiger partial charge in [-0.1, -0.05) is 6.92 Å². The number of nitrogens with two attached hydrogens (primary N) is 1. The fourth-order valence-electron chi connectivity index (χ4n) is 2.80. The molecule has 1 aliphatic rings. The molecule has 2 aromatic rings. The summed E-state index contributed by atoms with van der Waals surface area (Å²) in [5.74, 6) is 7.11. The van der Waals surface area contributed by atoms with E-state index in [1.54, 1.807) is 6.33 Å². The quantitative estimate of drug-likeness (QED) is 0.596. The number of nitrogens with zero attached hydrogens (tertiary/aromatic N) is 2. The minimum absolute atomic E-state index is 0.343. The fraction of sp³-hybridized carbons (Fsp3) is 0.429. The van der Waals surface area contributed by atoms with Crippen LogP contribution >= 0.6 is 11.3 Å². The fourth-order valence-corrected chi connectivity index (χ4v) is 3.78. The SMILES string of the molecule is CCc1c(NN)ncnc1NC1CCCc2sccc21. The van der Waals surface area contributed by atoms with Crippen LogP contribution in [0.5, 0.6) is 0 Å². The monoisotopic (exact) mass is 289 g/mol. The molecule has 1 atom stereocenters. The molecule has 0 spiro atoms. The van der Waals surface area contributed by atoms with Crippen LogP contribution in [-0.4, -0.2) is 9.97 Å². The van der Waals surface area contributed by atoms with Gasteiger partial charge in [-0.2, -0.15) is 0 Å². The predicted molar refractivity (Wildman–Crippen MR) is 82.8 cm³/mol. The minimum atomic E-state index is 0.343. The van der Waals surface area contributed by atoms with Crippen LogP contribution in [0.1, 0.15) is 41.8 Å². The summed E-state index contributed by atoms with van der Waals surface area (Å²) >= 11 is 1.85. The van der Waals surface area contributed by atoms with E-state index in [9.17, 15) is 0 Å². The Kier molecular flexibility index (Phi) is 3.84. The van der Waals surface area contributed by atoms with Crippen LogP contribution in [0.4, 0.5) is 11.6 Å². The highest BCUT2D eigenvalue weighted by Crippen LogP contribution is 2.36. The van der Waals surface area contributed by atoms with Gasteiger partial charge in [0.2, 0.25) is 0 Å². The molecule has 0 saturated heterocycles. The maximum Gasteiger partial charge on any atom is 0.148 e. The van der Waals surface area contributed by atoms with Crippen molar-refractivity contribution in [3.63, 3.8) is 0 Å². The van der Waals surface area contributed by atoms with Gasteiger partial charge in [0, 0.05) is 10.4 Å². The summed E-state index contributed by atoms with van der Waals surface area (Å²) in [5.41, 5.74) is 5.11. The van der Waals surface area contributed by atoms with Gasteiger partial charge < -0.3 is 10.7 Å². The summed E-state index contributed by atoms with van der Waals surface area (Å²) in [7, 11) is 0. The molecule has 0 bridgehead atoms. The zero-order valence-electron chi connectivity index (χ0n) is 11.5. The van der Waals surface area contributed by atoms with Gasteiger partial charge in [-0.3, -0.25) is 0 Å². The van der Waals surface area contributed by atoms with Crippen molar-refractivity contribution in [3.8, 4) is 0 Å². The first-order valence-electron chi connectivity index (χ1n) is 6.96. The summed E-state index contributed by atoms with van der Waals surface area (Å²) in [6.45, 7) is 2.08. The highest BCUT2D eigenvalue weighted by atomic mass is 32.1. The smallest absolute Gasteiger partial charge is 0.148 e. The Balaban J connectivity index is 1.90. The van der Waals surface area contributed by atoms with E-state index < -0.39 is 0 Å². The van der Waals surface area contributed by atoms with E-state index in [0.29, 0.717) is 11.9 Å². The number of hydrogen-bond acceptors (Lipinski definition) is 6. The second-order valence-electron chi connectivity index (χ2n) is 4.94. The summed E-state index contributed by atoms with van der Waals surface area (Å²) in [5, 5.41) is 5.76. The van der Waals surface area contributed by atoms with Crippen molar-refractivity contribution in [1.82, 2.24) is 9.97 Å². The molecule has 5 nitrogen and oxygen atoms in total. The Bertz CT molecular complexity index is 595. The van der Waals surface area contributed by atoms with E-state index >= 15 is 0 Å². The molecule has 4 N–H and O–H groups in total. The molecular weight excluding hydrogens is 270 g/mol. The van der Waals surface area contributed by atoms with E-state index in [1.165, 1.54) is 23.3 Å². The number of rotatable bonds is 4. The van der Waals surface area contributed by atoms with E-state index in [1.807, 2.05) is 11.3 Å². The summed E-state index contributed by atoms with van der Waals surface area (Å²) in [6.07, 6.45) is 5.95. The van der Waals surface area contributed by atoms with Crippen molar-refractivity contribution in [2.45, 2.75) is 38.6 Å². The molecule has 20 heavy (non-hydrogen) atoms. The summed E-state index contributed by atoms with van der Waals surface area (Å²) < 4.78 is 0. The van der Waals surface area contributed by atoms with Gasteiger partial charge in [0.1, 0.15) is 18.0 Å². The van der Waals surface area contributed by atoms with Crippen molar-refractivity contribution in [2.24, 2.45) is 5.84 Å². The molecule has 0 saturated carbocycles. The molecule has 0 radical (unpaired) electrons. The Labute approximate surface area is 122 Å². The van der Waals surface area contributed by atoms with Gasteiger partial charge in [0.05, 0.1) is 6.04 Å². The Morgan fingerprint density at radius 1 is 1.40 bits per heavy atom. The number of hydrogen-bond donors (Lipinski definition) is 3. The lowest BCUT2D eigenvalue weighted by atomic mass is 9.94. The highest BCUT2D eigenvalue weighted by molar-refractivity contribution is 7.10. The van der Waals surface area contributed by atoms with Crippen LogP contribution in [-0.2, 0) is 12.8 Å². The van der Waals surface area contributed by atoms with Crippen LogP contribution < -0.4 is 16.6 Å². The lowest BCUT2D eigenvalue weighted by molar-refractivity contribution is 0.606. The largest absolute Gasteiger partial charge is 0.363 e. The lowest BCUT2D eigenvalue weighted by Gasteiger charge is -2.25. The maximum atomic E-state index is 5.52. The van der Waals surface area contributed by atoms with Crippen LogP contribution in [0, 0.1) is 0 Å².